The maximum atomic E-state index is 10.9. The van der Waals surface area contributed by atoms with Crippen LogP contribution in [0.25, 0.3) is 0 Å². The van der Waals surface area contributed by atoms with Crippen molar-refractivity contribution in [3.8, 4) is 0 Å². The fraction of sp³-hybridized carbons (Fsp3) is 0.692. The van der Waals surface area contributed by atoms with Crippen LogP contribution in [0.2, 0.25) is 0 Å². The van der Waals surface area contributed by atoms with Crippen molar-refractivity contribution in [3.63, 3.8) is 0 Å². The van der Waals surface area contributed by atoms with Gasteiger partial charge in [-0.1, -0.05) is 19.1 Å². The monoisotopic (exact) mass is 272 g/mol. The number of rotatable bonds is 6. The molecule has 0 aromatic carbocycles. The highest BCUT2D eigenvalue weighted by Crippen LogP contribution is 2.35. The molecule has 1 fully saturated rings. The summed E-state index contributed by atoms with van der Waals surface area (Å²) in [5.74, 6) is -2.26. The molecule has 0 radical (unpaired) electrons. The lowest BCUT2D eigenvalue weighted by Gasteiger charge is -2.18. The van der Waals surface area contributed by atoms with E-state index in [1.165, 1.54) is 0 Å². The van der Waals surface area contributed by atoms with Crippen LogP contribution in [0, 0.1) is 11.8 Å². The Kier molecular flexibility index (Phi) is 5.98. The van der Waals surface area contributed by atoms with E-state index in [1.807, 2.05) is 0 Å². The van der Waals surface area contributed by atoms with Gasteiger partial charge in [0, 0.05) is 24.7 Å². The van der Waals surface area contributed by atoms with Crippen LogP contribution in [0.4, 0.5) is 0 Å². The molecule has 6 heteroatoms. The van der Waals surface area contributed by atoms with Gasteiger partial charge in [0.25, 0.3) is 0 Å². The van der Waals surface area contributed by atoms with Crippen molar-refractivity contribution < 1.29 is 29.6 Å². The zero-order valence-corrected chi connectivity index (χ0v) is 10.9. The van der Waals surface area contributed by atoms with Crippen LogP contribution in [0.1, 0.15) is 26.2 Å². The van der Waals surface area contributed by atoms with Crippen molar-refractivity contribution in [2.75, 3.05) is 6.61 Å². The van der Waals surface area contributed by atoms with Gasteiger partial charge in [0.05, 0.1) is 18.6 Å². The van der Waals surface area contributed by atoms with E-state index in [0.29, 0.717) is 6.42 Å². The highest BCUT2D eigenvalue weighted by molar-refractivity contribution is 5.69. The van der Waals surface area contributed by atoms with E-state index in [9.17, 15) is 19.8 Å². The summed E-state index contributed by atoms with van der Waals surface area (Å²) in [5.41, 5.74) is 0. The standard InChI is InChI=1S/C13H20O6/c1-2-13(18)19-5-3-4-8-9(6-12(16)17)11(15)7-10(8)14/h3-4,8-11,14-15H,2,5-7H2,1H3,(H,16,17)/t8-,9-,10-,11+/m1/s1. The van der Waals surface area contributed by atoms with Crippen LogP contribution < -0.4 is 0 Å². The minimum atomic E-state index is -1.01. The molecule has 0 unspecified atom stereocenters. The summed E-state index contributed by atoms with van der Waals surface area (Å²) in [6.45, 7) is 1.78. The first-order chi connectivity index (χ1) is 8.95. The van der Waals surface area contributed by atoms with E-state index in [1.54, 1.807) is 19.1 Å². The Morgan fingerprint density at radius 3 is 2.58 bits per heavy atom. The molecule has 0 spiro atoms. The highest BCUT2D eigenvalue weighted by Gasteiger charge is 2.41. The number of aliphatic hydroxyl groups excluding tert-OH is 2. The number of carbonyl (C=O) groups excluding carboxylic acids is 1. The maximum Gasteiger partial charge on any atom is 0.305 e. The van der Waals surface area contributed by atoms with Gasteiger partial charge in [-0.2, -0.15) is 0 Å². The molecule has 0 heterocycles. The van der Waals surface area contributed by atoms with Crippen LogP contribution in [0.5, 0.6) is 0 Å². The molecule has 4 atom stereocenters. The molecule has 1 rings (SSSR count). The summed E-state index contributed by atoms with van der Waals surface area (Å²) in [7, 11) is 0. The Bertz CT molecular complexity index is 351. The average Bonchev–Trinajstić information content (AvgIpc) is 2.59. The Morgan fingerprint density at radius 2 is 2.00 bits per heavy atom. The zero-order chi connectivity index (χ0) is 14.4. The Hall–Kier alpha value is -1.40. The van der Waals surface area contributed by atoms with Gasteiger partial charge in [-0.15, -0.1) is 0 Å². The number of carboxylic acids is 1. The summed E-state index contributed by atoms with van der Waals surface area (Å²) >= 11 is 0. The lowest BCUT2D eigenvalue weighted by atomic mass is 9.90. The zero-order valence-electron chi connectivity index (χ0n) is 10.9. The SMILES string of the molecule is CCC(=O)OCC=C[C@@H]1[C@@H](CC(=O)O)[C@@H](O)C[C@H]1O. The molecule has 6 nitrogen and oxygen atoms in total. The quantitative estimate of drug-likeness (QED) is 0.475. The van der Waals surface area contributed by atoms with Gasteiger partial charge in [0.2, 0.25) is 0 Å². The normalized spacial score (nSPS) is 30.7. The number of ether oxygens (including phenoxy) is 1. The molecular weight excluding hydrogens is 252 g/mol. The molecule has 19 heavy (non-hydrogen) atoms. The number of hydrogen-bond acceptors (Lipinski definition) is 5. The molecule has 0 aromatic heterocycles. The highest BCUT2D eigenvalue weighted by atomic mass is 16.5. The molecule has 108 valence electrons. The largest absolute Gasteiger partial charge is 0.481 e. The van der Waals surface area contributed by atoms with Crippen LogP contribution in [0.15, 0.2) is 12.2 Å². The van der Waals surface area contributed by atoms with Crippen molar-refractivity contribution >= 4 is 11.9 Å². The summed E-state index contributed by atoms with van der Waals surface area (Å²) < 4.78 is 4.84. The van der Waals surface area contributed by atoms with Crippen LogP contribution in [-0.2, 0) is 14.3 Å². The van der Waals surface area contributed by atoms with Crippen LogP contribution in [-0.4, -0.2) is 46.1 Å². The van der Waals surface area contributed by atoms with E-state index in [2.05, 4.69) is 0 Å². The summed E-state index contributed by atoms with van der Waals surface area (Å²) in [6, 6.07) is 0. The third-order valence-corrected chi connectivity index (χ3v) is 3.31. The van der Waals surface area contributed by atoms with Crippen molar-refractivity contribution in [2.45, 2.75) is 38.4 Å². The lowest BCUT2D eigenvalue weighted by Crippen LogP contribution is -2.23. The summed E-state index contributed by atoms with van der Waals surface area (Å²) in [6.07, 6.45) is 1.88. The third-order valence-electron chi connectivity index (χ3n) is 3.31. The molecule has 1 aliphatic carbocycles. The number of aliphatic hydroxyl groups is 2. The number of esters is 1. The molecule has 0 amide bonds. The molecular formula is C13H20O6. The first kappa shape index (κ1) is 15.7. The second kappa shape index (κ2) is 7.25. The average molecular weight is 272 g/mol. The van der Waals surface area contributed by atoms with Crippen molar-refractivity contribution in [2.24, 2.45) is 11.8 Å². The Morgan fingerprint density at radius 1 is 1.32 bits per heavy atom. The van der Waals surface area contributed by atoms with Gasteiger partial charge >= 0.3 is 11.9 Å². The Balaban J connectivity index is 2.55. The van der Waals surface area contributed by atoms with Crippen molar-refractivity contribution in [3.05, 3.63) is 12.2 Å². The molecule has 0 bridgehead atoms. The second-order valence-electron chi connectivity index (χ2n) is 4.67. The number of carbonyl (C=O) groups is 2. The summed E-state index contributed by atoms with van der Waals surface area (Å²) in [4.78, 5) is 21.6. The molecule has 3 N–H and O–H groups in total. The minimum absolute atomic E-state index is 0.0891. The fourth-order valence-electron chi connectivity index (χ4n) is 2.32. The third kappa shape index (κ3) is 4.65. The second-order valence-corrected chi connectivity index (χ2v) is 4.67. The van der Waals surface area contributed by atoms with Crippen molar-refractivity contribution in [1.82, 2.24) is 0 Å². The molecule has 1 saturated carbocycles. The predicted molar refractivity (Wildman–Crippen MR) is 66.3 cm³/mol. The van der Waals surface area contributed by atoms with E-state index in [4.69, 9.17) is 9.84 Å². The Labute approximate surface area is 111 Å². The van der Waals surface area contributed by atoms with Gasteiger partial charge in [0.1, 0.15) is 6.61 Å². The van der Waals surface area contributed by atoms with Gasteiger partial charge in [0.15, 0.2) is 0 Å². The first-order valence-electron chi connectivity index (χ1n) is 6.35. The van der Waals surface area contributed by atoms with E-state index in [0.717, 1.165) is 0 Å². The molecule has 0 aromatic rings. The molecule has 0 aliphatic heterocycles. The van der Waals surface area contributed by atoms with Gasteiger partial charge in [-0.25, -0.2) is 0 Å². The maximum absolute atomic E-state index is 10.9. The number of carboxylic acid groups (broad SMARTS) is 1. The number of aliphatic carboxylic acids is 1. The van der Waals surface area contributed by atoms with E-state index >= 15 is 0 Å². The molecule has 1 aliphatic rings. The molecule has 0 saturated heterocycles. The van der Waals surface area contributed by atoms with Gasteiger partial charge in [-0.05, 0) is 0 Å². The number of hydrogen-bond donors (Lipinski definition) is 3. The van der Waals surface area contributed by atoms with E-state index in [-0.39, 0.29) is 25.4 Å². The smallest absolute Gasteiger partial charge is 0.305 e. The van der Waals surface area contributed by atoms with Gasteiger partial charge in [-0.3, -0.25) is 9.59 Å². The van der Waals surface area contributed by atoms with Gasteiger partial charge < -0.3 is 20.1 Å². The fourth-order valence-corrected chi connectivity index (χ4v) is 2.32. The first-order valence-corrected chi connectivity index (χ1v) is 6.35. The minimum Gasteiger partial charge on any atom is -0.481 e. The summed E-state index contributed by atoms with van der Waals surface area (Å²) in [5, 5.41) is 28.3. The predicted octanol–water partition coefficient (Wildman–Crippen LogP) is 0.328. The lowest BCUT2D eigenvalue weighted by molar-refractivity contribution is -0.142. The van der Waals surface area contributed by atoms with Crippen molar-refractivity contribution in [1.29, 1.82) is 0 Å². The van der Waals surface area contributed by atoms with E-state index < -0.39 is 30.0 Å². The van der Waals surface area contributed by atoms with Crippen LogP contribution in [0.3, 0.4) is 0 Å². The topological polar surface area (TPSA) is 104 Å². The van der Waals surface area contributed by atoms with Crippen LogP contribution >= 0.6 is 0 Å².